The molecule has 0 bridgehead atoms. The van der Waals surface area contributed by atoms with Gasteiger partial charge in [-0.25, -0.2) is 4.98 Å². The second-order valence-electron chi connectivity index (χ2n) is 7.06. The van der Waals surface area contributed by atoms with Crippen molar-refractivity contribution in [3.8, 4) is 5.88 Å². The van der Waals surface area contributed by atoms with Gasteiger partial charge in [0.2, 0.25) is 5.88 Å². The predicted octanol–water partition coefficient (Wildman–Crippen LogP) is 2.96. The lowest BCUT2D eigenvalue weighted by atomic mass is 10.2. The fourth-order valence-electron chi connectivity index (χ4n) is 3.23. The highest BCUT2D eigenvalue weighted by molar-refractivity contribution is 5.93. The van der Waals surface area contributed by atoms with Crippen LogP contribution in [0.4, 0.5) is 18.9 Å². The van der Waals surface area contributed by atoms with Crippen molar-refractivity contribution in [1.82, 2.24) is 15.2 Å². The molecule has 1 N–H and O–H groups in total. The standard InChI is InChI=1S/C21H25F3N4O2/c22-21(23,24)16-30-19-8-7-17(15-26-19)20(29)25-9-4-10-27-11-13-28(14-12-27)18-5-2-1-3-6-18/h1-3,5-8,15H,4,9-14,16H2,(H,25,29). The number of hydrogen-bond acceptors (Lipinski definition) is 5. The number of halogens is 3. The molecule has 1 fully saturated rings. The Morgan fingerprint density at radius 1 is 1.07 bits per heavy atom. The number of carbonyl (C=O) groups is 1. The molecule has 1 saturated heterocycles. The molecule has 0 aliphatic carbocycles. The lowest BCUT2D eigenvalue weighted by molar-refractivity contribution is -0.154. The molecular weight excluding hydrogens is 397 g/mol. The van der Waals surface area contributed by atoms with Crippen molar-refractivity contribution in [1.29, 1.82) is 0 Å². The third-order valence-corrected chi connectivity index (χ3v) is 4.81. The summed E-state index contributed by atoms with van der Waals surface area (Å²) in [6.45, 7) is 3.91. The lowest BCUT2D eigenvalue weighted by Gasteiger charge is -2.36. The number of aromatic nitrogens is 1. The number of nitrogens with zero attached hydrogens (tertiary/aromatic N) is 3. The summed E-state index contributed by atoms with van der Waals surface area (Å²) in [4.78, 5) is 20.6. The molecule has 0 unspecified atom stereocenters. The molecule has 1 aliphatic heterocycles. The maximum absolute atomic E-state index is 12.1. The van der Waals surface area contributed by atoms with Gasteiger partial charge in [0.15, 0.2) is 6.61 Å². The maximum atomic E-state index is 12.1. The normalized spacial score (nSPS) is 15.1. The summed E-state index contributed by atoms with van der Waals surface area (Å²) in [5.41, 5.74) is 1.53. The van der Waals surface area contributed by atoms with E-state index in [-0.39, 0.29) is 17.4 Å². The Balaban J connectivity index is 1.32. The zero-order chi connectivity index (χ0) is 21.4. The van der Waals surface area contributed by atoms with E-state index in [1.54, 1.807) is 0 Å². The van der Waals surface area contributed by atoms with Crippen molar-refractivity contribution in [3.05, 3.63) is 54.2 Å². The van der Waals surface area contributed by atoms with Crippen LogP contribution in [0, 0.1) is 0 Å². The largest absolute Gasteiger partial charge is 0.468 e. The molecule has 6 nitrogen and oxygen atoms in total. The first-order valence-electron chi connectivity index (χ1n) is 9.87. The molecule has 1 aromatic heterocycles. The van der Waals surface area contributed by atoms with Gasteiger partial charge in [0.1, 0.15) is 0 Å². The third-order valence-electron chi connectivity index (χ3n) is 4.81. The molecular formula is C21H25F3N4O2. The van der Waals surface area contributed by atoms with E-state index in [0.717, 1.165) is 39.1 Å². The summed E-state index contributed by atoms with van der Waals surface area (Å²) in [7, 11) is 0. The van der Waals surface area contributed by atoms with Crippen molar-refractivity contribution < 1.29 is 22.7 Å². The van der Waals surface area contributed by atoms with E-state index in [0.29, 0.717) is 6.54 Å². The minimum Gasteiger partial charge on any atom is -0.468 e. The molecule has 1 amide bonds. The molecule has 0 atom stereocenters. The van der Waals surface area contributed by atoms with Crippen LogP contribution in [0.15, 0.2) is 48.7 Å². The molecule has 2 aromatic rings. The summed E-state index contributed by atoms with van der Waals surface area (Å²) in [6.07, 6.45) is -2.40. The molecule has 162 valence electrons. The van der Waals surface area contributed by atoms with Gasteiger partial charge in [0.25, 0.3) is 5.91 Å². The number of carbonyl (C=O) groups excluding carboxylic acids is 1. The number of anilines is 1. The van der Waals surface area contributed by atoms with Gasteiger partial charge in [-0.15, -0.1) is 0 Å². The van der Waals surface area contributed by atoms with Crippen LogP contribution in [0.1, 0.15) is 16.8 Å². The van der Waals surface area contributed by atoms with E-state index in [4.69, 9.17) is 0 Å². The van der Waals surface area contributed by atoms with Crippen molar-refractivity contribution in [2.24, 2.45) is 0 Å². The minimum absolute atomic E-state index is 0.168. The number of hydrogen-bond donors (Lipinski definition) is 1. The molecule has 0 radical (unpaired) electrons. The molecule has 0 spiro atoms. The highest BCUT2D eigenvalue weighted by Crippen LogP contribution is 2.17. The number of ether oxygens (including phenoxy) is 1. The van der Waals surface area contributed by atoms with Gasteiger partial charge in [-0.05, 0) is 31.2 Å². The topological polar surface area (TPSA) is 57.7 Å². The van der Waals surface area contributed by atoms with Gasteiger partial charge in [0, 0.05) is 50.7 Å². The number of benzene rings is 1. The fourth-order valence-corrected chi connectivity index (χ4v) is 3.23. The van der Waals surface area contributed by atoms with Crippen LogP contribution in [-0.2, 0) is 0 Å². The van der Waals surface area contributed by atoms with Crippen molar-refractivity contribution >= 4 is 11.6 Å². The Bertz CT molecular complexity index is 792. The molecule has 9 heteroatoms. The number of piperazine rings is 1. The van der Waals surface area contributed by atoms with Crippen LogP contribution < -0.4 is 15.0 Å². The average molecular weight is 422 g/mol. The van der Waals surface area contributed by atoms with Gasteiger partial charge in [-0.2, -0.15) is 13.2 Å². The zero-order valence-corrected chi connectivity index (χ0v) is 16.6. The number of amides is 1. The summed E-state index contributed by atoms with van der Waals surface area (Å²) >= 11 is 0. The number of nitrogens with one attached hydrogen (secondary N) is 1. The molecule has 1 aromatic carbocycles. The fraction of sp³-hybridized carbons (Fsp3) is 0.429. The zero-order valence-electron chi connectivity index (χ0n) is 16.6. The SMILES string of the molecule is O=C(NCCCN1CCN(c2ccccc2)CC1)c1ccc(OCC(F)(F)F)nc1. The smallest absolute Gasteiger partial charge is 0.422 e. The van der Waals surface area contributed by atoms with E-state index in [1.807, 2.05) is 18.2 Å². The van der Waals surface area contributed by atoms with Crippen LogP contribution in [0.3, 0.4) is 0 Å². The predicted molar refractivity (Wildman–Crippen MR) is 108 cm³/mol. The summed E-state index contributed by atoms with van der Waals surface area (Å²) in [6, 6.07) is 13.0. The van der Waals surface area contributed by atoms with Crippen molar-refractivity contribution in [2.45, 2.75) is 12.6 Å². The van der Waals surface area contributed by atoms with E-state index >= 15 is 0 Å². The summed E-state index contributed by atoms with van der Waals surface area (Å²) in [5.74, 6) is -0.475. The Labute approximate surface area is 173 Å². The first kappa shape index (κ1) is 21.9. The van der Waals surface area contributed by atoms with E-state index < -0.39 is 12.8 Å². The second kappa shape index (κ2) is 10.3. The van der Waals surface area contributed by atoms with Crippen LogP contribution >= 0.6 is 0 Å². The second-order valence-corrected chi connectivity index (χ2v) is 7.06. The van der Waals surface area contributed by atoms with Crippen LogP contribution in [0.5, 0.6) is 5.88 Å². The quantitative estimate of drug-likeness (QED) is 0.663. The molecule has 2 heterocycles. The monoisotopic (exact) mass is 422 g/mol. The Hall–Kier alpha value is -2.81. The molecule has 0 saturated carbocycles. The minimum atomic E-state index is -4.42. The van der Waals surface area contributed by atoms with Crippen molar-refractivity contribution in [3.63, 3.8) is 0 Å². The van der Waals surface area contributed by atoms with Gasteiger partial charge < -0.3 is 15.0 Å². The first-order valence-corrected chi connectivity index (χ1v) is 9.87. The highest BCUT2D eigenvalue weighted by Gasteiger charge is 2.28. The number of pyridine rings is 1. The van der Waals surface area contributed by atoms with Crippen LogP contribution in [-0.4, -0.2) is 67.8 Å². The van der Waals surface area contributed by atoms with Crippen LogP contribution in [0.25, 0.3) is 0 Å². The summed E-state index contributed by atoms with van der Waals surface area (Å²) < 4.78 is 40.9. The Morgan fingerprint density at radius 3 is 2.43 bits per heavy atom. The van der Waals surface area contributed by atoms with E-state index in [1.165, 1.54) is 24.0 Å². The Kier molecular flexibility index (Phi) is 7.51. The lowest BCUT2D eigenvalue weighted by Crippen LogP contribution is -2.47. The Morgan fingerprint density at radius 2 is 1.80 bits per heavy atom. The molecule has 3 rings (SSSR count). The molecule has 30 heavy (non-hydrogen) atoms. The maximum Gasteiger partial charge on any atom is 0.422 e. The van der Waals surface area contributed by atoms with Gasteiger partial charge in [-0.3, -0.25) is 9.69 Å². The first-order chi connectivity index (χ1) is 14.4. The van der Waals surface area contributed by atoms with Crippen molar-refractivity contribution in [2.75, 3.05) is 50.8 Å². The number of alkyl halides is 3. The third kappa shape index (κ3) is 6.91. The highest BCUT2D eigenvalue weighted by atomic mass is 19.4. The van der Waals surface area contributed by atoms with Gasteiger partial charge in [-0.1, -0.05) is 18.2 Å². The summed E-state index contributed by atoms with van der Waals surface area (Å²) in [5, 5.41) is 2.81. The van der Waals surface area contributed by atoms with E-state index in [2.05, 4.69) is 37.0 Å². The van der Waals surface area contributed by atoms with Crippen LogP contribution in [0.2, 0.25) is 0 Å². The van der Waals surface area contributed by atoms with Gasteiger partial charge >= 0.3 is 6.18 Å². The van der Waals surface area contributed by atoms with Gasteiger partial charge in [0.05, 0.1) is 5.56 Å². The number of rotatable bonds is 8. The van der Waals surface area contributed by atoms with E-state index in [9.17, 15) is 18.0 Å². The molecule has 1 aliphatic rings. The number of para-hydroxylation sites is 1. The average Bonchev–Trinajstić information content (AvgIpc) is 2.76.